The maximum atomic E-state index is 12.0. The van der Waals surface area contributed by atoms with E-state index in [1.54, 1.807) is 0 Å². The summed E-state index contributed by atoms with van der Waals surface area (Å²) in [6.07, 6.45) is 0.768. The van der Waals surface area contributed by atoms with Gasteiger partial charge in [0.1, 0.15) is 5.54 Å². The molecule has 0 bridgehead atoms. The van der Waals surface area contributed by atoms with Crippen LogP contribution in [0.25, 0.3) is 0 Å². The number of esters is 1. The number of hydrogen-bond donors (Lipinski definition) is 1. The van der Waals surface area contributed by atoms with Crippen molar-refractivity contribution in [3.63, 3.8) is 0 Å². The summed E-state index contributed by atoms with van der Waals surface area (Å²) < 4.78 is 4.95. The largest absolute Gasteiger partial charge is 0.467 e. The Bertz CT molecular complexity index is 430. The Morgan fingerprint density at radius 1 is 1.39 bits per heavy atom. The Morgan fingerprint density at radius 3 is 2.56 bits per heavy atom. The lowest BCUT2D eigenvalue weighted by Gasteiger charge is -2.28. The number of benzene rings is 1. The Hall–Kier alpha value is -1.55. The number of anilines is 1. The molecule has 1 aromatic rings. The van der Waals surface area contributed by atoms with E-state index >= 15 is 0 Å². The van der Waals surface area contributed by atoms with Crippen LogP contribution in [-0.2, 0) is 9.53 Å². The molecule has 1 fully saturated rings. The van der Waals surface area contributed by atoms with Crippen molar-refractivity contribution in [1.29, 1.82) is 0 Å². The number of aryl methyl sites for hydroxylation is 1. The van der Waals surface area contributed by atoms with E-state index in [1.807, 2.05) is 38.2 Å². The molecule has 4 heteroatoms. The molecule has 0 spiro atoms. The van der Waals surface area contributed by atoms with Gasteiger partial charge in [-0.15, -0.1) is 0 Å². The highest BCUT2D eigenvalue weighted by molar-refractivity contribution is 5.85. The van der Waals surface area contributed by atoms with Crippen LogP contribution in [0.4, 0.5) is 5.69 Å². The fourth-order valence-corrected chi connectivity index (χ4v) is 2.43. The molecule has 4 nitrogen and oxygen atoms in total. The molecule has 1 unspecified atom stereocenters. The Morgan fingerprint density at radius 2 is 2.06 bits per heavy atom. The molecule has 1 heterocycles. The molecule has 0 aromatic heterocycles. The predicted molar refractivity (Wildman–Crippen MR) is 71.7 cm³/mol. The van der Waals surface area contributed by atoms with Gasteiger partial charge in [0.25, 0.3) is 0 Å². The van der Waals surface area contributed by atoms with Crippen molar-refractivity contribution in [1.82, 2.24) is 4.90 Å². The van der Waals surface area contributed by atoms with Crippen LogP contribution in [0.15, 0.2) is 24.3 Å². The van der Waals surface area contributed by atoms with Gasteiger partial charge in [0.05, 0.1) is 7.11 Å². The summed E-state index contributed by atoms with van der Waals surface area (Å²) in [5.74, 6) is -0.188. The van der Waals surface area contributed by atoms with Crippen molar-refractivity contribution in [3.8, 4) is 0 Å². The highest BCUT2D eigenvalue weighted by Crippen LogP contribution is 2.26. The van der Waals surface area contributed by atoms with Crippen molar-refractivity contribution in [2.45, 2.75) is 18.9 Å². The number of likely N-dealkylation sites (tertiary alicyclic amines) is 1. The second kappa shape index (κ2) is 4.98. The summed E-state index contributed by atoms with van der Waals surface area (Å²) >= 11 is 0. The minimum absolute atomic E-state index is 0.188. The third-order valence-corrected chi connectivity index (χ3v) is 3.47. The maximum absolute atomic E-state index is 12.0. The Balaban J connectivity index is 2.20. The minimum atomic E-state index is -0.612. The van der Waals surface area contributed by atoms with E-state index < -0.39 is 5.54 Å². The molecule has 1 aliphatic rings. The normalized spacial score (nSPS) is 23.9. The van der Waals surface area contributed by atoms with E-state index in [2.05, 4.69) is 10.2 Å². The third kappa shape index (κ3) is 2.48. The van der Waals surface area contributed by atoms with E-state index in [-0.39, 0.29) is 5.97 Å². The first-order chi connectivity index (χ1) is 8.55. The summed E-state index contributed by atoms with van der Waals surface area (Å²) in [6.45, 7) is 3.62. The molecule has 98 valence electrons. The molecule has 1 N–H and O–H groups in total. The van der Waals surface area contributed by atoms with Gasteiger partial charge < -0.3 is 15.0 Å². The van der Waals surface area contributed by atoms with Crippen molar-refractivity contribution >= 4 is 11.7 Å². The second-order valence-electron chi connectivity index (χ2n) is 5.05. The number of nitrogens with one attached hydrogen (secondary N) is 1. The molecule has 1 saturated heterocycles. The van der Waals surface area contributed by atoms with Crippen LogP contribution in [0.5, 0.6) is 0 Å². The summed E-state index contributed by atoms with van der Waals surface area (Å²) in [5, 5.41) is 3.35. The first-order valence-corrected chi connectivity index (χ1v) is 6.17. The van der Waals surface area contributed by atoms with Crippen LogP contribution in [0.1, 0.15) is 12.0 Å². The highest BCUT2D eigenvalue weighted by atomic mass is 16.5. The Labute approximate surface area is 108 Å². The van der Waals surface area contributed by atoms with Crippen molar-refractivity contribution in [2.24, 2.45) is 0 Å². The van der Waals surface area contributed by atoms with Gasteiger partial charge in [0.2, 0.25) is 0 Å². The predicted octanol–water partition coefficient (Wildman–Crippen LogP) is 1.65. The molecule has 0 amide bonds. The number of methoxy groups -OCH3 is 1. The van der Waals surface area contributed by atoms with Gasteiger partial charge in [-0.3, -0.25) is 0 Å². The first-order valence-electron chi connectivity index (χ1n) is 6.17. The fraction of sp³-hybridized carbons (Fsp3) is 0.500. The van der Waals surface area contributed by atoms with Crippen LogP contribution in [0, 0.1) is 6.92 Å². The van der Waals surface area contributed by atoms with Crippen LogP contribution in [-0.4, -0.2) is 43.7 Å². The molecule has 2 rings (SSSR count). The number of nitrogens with zero attached hydrogens (tertiary/aromatic N) is 1. The van der Waals surface area contributed by atoms with E-state index in [1.165, 1.54) is 12.7 Å². The van der Waals surface area contributed by atoms with Gasteiger partial charge in [0.15, 0.2) is 0 Å². The van der Waals surface area contributed by atoms with Gasteiger partial charge in [0, 0.05) is 18.8 Å². The zero-order chi connectivity index (χ0) is 13.2. The van der Waals surface area contributed by atoms with Gasteiger partial charge in [-0.25, -0.2) is 4.79 Å². The molecule has 1 aromatic carbocycles. The van der Waals surface area contributed by atoms with E-state index in [9.17, 15) is 4.79 Å². The zero-order valence-electron chi connectivity index (χ0n) is 11.2. The van der Waals surface area contributed by atoms with Crippen molar-refractivity contribution in [2.75, 3.05) is 32.6 Å². The summed E-state index contributed by atoms with van der Waals surface area (Å²) in [6, 6.07) is 8.06. The highest BCUT2D eigenvalue weighted by Gasteiger charge is 2.44. The molecule has 0 radical (unpaired) electrons. The van der Waals surface area contributed by atoms with Gasteiger partial charge in [-0.1, -0.05) is 17.7 Å². The maximum Gasteiger partial charge on any atom is 0.332 e. The lowest BCUT2D eigenvalue weighted by molar-refractivity contribution is -0.145. The SMILES string of the molecule is COC(=O)C1(Nc2ccc(C)cc2)CCN(C)C1. The number of carbonyl (C=O) groups excluding carboxylic acids is 1. The standard InChI is InChI=1S/C14H20N2O2/c1-11-4-6-12(7-5-11)15-14(13(17)18-3)8-9-16(2)10-14/h4-7,15H,8-10H2,1-3H3. The molecule has 1 atom stereocenters. The summed E-state index contributed by atoms with van der Waals surface area (Å²) in [7, 11) is 3.46. The average Bonchev–Trinajstić information content (AvgIpc) is 2.74. The van der Waals surface area contributed by atoms with Crippen molar-refractivity contribution < 1.29 is 9.53 Å². The van der Waals surface area contributed by atoms with Gasteiger partial charge >= 0.3 is 5.97 Å². The van der Waals surface area contributed by atoms with E-state index in [0.717, 1.165) is 18.7 Å². The molecule has 0 aliphatic carbocycles. The number of hydrogen-bond acceptors (Lipinski definition) is 4. The number of rotatable bonds is 3. The minimum Gasteiger partial charge on any atom is -0.467 e. The second-order valence-corrected chi connectivity index (χ2v) is 5.05. The molecule has 0 saturated carbocycles. The molecule has 18 heavy (non-hydrogen) atoms. The third-order valence-electron chi connectivity index (χ3n) is 3.47. The van der Waals surface area contributed by atoms with Crippen LogP contribution in [0.3, 0.4) is 0 Å². The molecular formula is C14H20N2O2. The quantitative estimate of drug-likeness (QED) is 0.826. The smallest absolute Gasteiger partial charge is 0.332 e. The lowest BCUT2D eigenvalue weighted by atomic mass is 9.98. The molecular weight excluding hydrogens is 228 g/mol. The molecule has 1 aliphatic heterocycles. The van der Waals surface area contributed by atoms with Crippen LogP contribution < -0.4 is 5.32 Å². The van der Waals surface area contributed by atoms with Crippen LogP contribution >= 0.6 is 0 Å². The Kier molecular flexibility index (Phi) is 3.57. The number of ether oxygens (including phenoxy) is 1. The monoisotopic (exact) mass is 248 g/mol. The van der Waals surface area contributed by atoms with Crippen molar-refractivity contribution in [3.05, 3.63) is 29.8 Å². The van der Waals surface area contributed by atoms with E-state index in [0.29, 0.717) is 6.54 Å². The lowest BCUT2D eigenvalue weighted by Crippen LogP contribution is -2.49. The summed E-state index contributed by atoms with van der Waals surface area (Å²) in [4.78, 5) is 14.2. The fourth-order valence-electron chi connectivity index (χ4n) is 2.43. The zero-order valence-corrected chi connectivity index (χ0v) is 11.2. The number of carbonyl (C=O) groups is 1. The van der Waals surface area contributed by atoms with Crippen LogP contribution in [0.2, 0.25) is 0 Å². The number of likely N-dealkylation sites (N-methyl/N-ethyl adjacent to an activating group) is 1. The van der Waals surface area contributed by atoms with Gasteiger partial charge in [-0.05, 0) is 32.5 Å². The van der Waals surface area contributed by atoms with E-state index in [4.69, 9.17) is 4.74 Å². The average molecular weight is 248 g/mol. The first kappa shape index (κ1) is 12.9. The summed E-state index contributed by atoms with van der Waals surface area (Å²) in [5.41, 5.74) is 1.55. The topological polar surface area (TPSA) is 41.6 Å². The van der Waals surface area contributed by atoms with Gasteiger partial charge in [-0.2, -0.15) is 0 Å².